The quantitative estimate of drug-likeness (QED) is 0.439. The van der Waals surface area contributed by atoms with Crippen LogP contribution in [-0.4, -0.2) is 55.3 Å². The molecule has 0 aromatic heterocycles. The molecule has 0 bridgehead atoms. The number of carbonyl (C=O) groups excluding carboxylic acids is 1. The molecular formula is C7H13N3O3. The molecule has 1 rings (SSSR count). The number of hydrogen-bond donors (Lipinski definition) is 2. The number of hydrogen-bond acceptors (Lipinski definition) is 5. The SMILES string of the molecule is CN(C)/N=C/[C@@H]1OC(=O)N[C@H]1CO. The van der Waals surface area contributed by atoms with Crippen LogP contribution in [0.3, 0.4) is 0 Å². The summed E-state index contributed by atoms with van der Waals surface area (Å²) in [4.78, 5) is 10.7. The van der Waals surface area contributed by atoms with Gasteiger partial charge in [-0.1, -0.05) is 0 Å². The van der Waals surface area contributed by atoms with Crippen molar-refractivity contribution in [1.82, 2.24) is 10.3 Å². The number of amides is 1. The standard InChI is InChI=1S/C7H13N3O3/c1-10(2)8-3-6-5(4-11)9-7(12)13-6/h3,5-6,11H,4H2,1-2H3,(H,9,12)/b8-3+/t5-,6-/m0/s1. The minimum absolute atomic E-state index is 0.157. The second-order valence-electron chi connectivity index (χ2n) is 2.92. The molecule has 13 heavy (non-hydrogen) atoms. The van der Waals surface area contributed by atoms with Gasteiger partial charge < -0.3 is 20.2 Å². The molecule has 0 spiro atoms. The fraction of sp³-hybridized carbons (Fsp3) is 0.714. The topological polar surface area (TPSA) is 74.2 Å². The van der Waals surface area contributed by atoms with Crippen LogP contribution in [0.1, 0.15) is 0 Å². The van der Waals surface area contributed by atoms with E-state index >= 15 is 0 Å². The molecule has 2 atom stereocenters. The molecule has 0 aromatic carbocycles. The van der Waals surface area contributed by atoms with Crippen LogP contribution in [0.4, 0.5) is 4.79 Å². The molecule has 0 radical (unpaired) electrons. The molecule has 2 N–H and O–H groups in total. The second kappa shape index (κ2) is 4.08. The van der Waals surface area contributed by atoms with Crippen molar-refractivity contribution >= 4 is 12.3 Å². The summed E-state index contributed by atoms with van der Waals surface area (Å²) in [5.41, 5.74) is 0. The maximum Gasteiger partial charge on any atom is 0.408 e. The Balaban J connectivity index is 2.53. The highest BCUT2D eigenvalue weighted by atomic mass is 16.6. The lowest BCUT2D eigenvalue weighted by Gasteiger charge is -2.10. The smallest absolute Gasteiger partial charge is 0.408 e. The third-order valence-electron chi connectivity index (χ3n) is 1.58. The number of cyclic esters (lactones) is 1. The molecule has 1 fully saturated rings. The molecule has 6 nitrogen and oxygen atoms in total. The van der Waals surface area contributed by atoms with E-state index in [1.165, 1.54) is 6.21 Å². The fourth-order valence-electron chi connectivity index (χ4n) is 0.956. The molecule has 0 aromatic rings. The average molecular weight is 187 g/mol. The molecule has 6 heteroatoms. The van der Waals surface area contributed by atoms with Crippen LogP contribution in [0.25, 0.3) is 0 Å². The molecule has 74 valence electrons. The zero-order valence-electron chi connectivity index (χ0n) is 7.60. The summed E-state index contributed by atoms with van der Waals surface area (Å²) in [6, 6.07) is -0.392. The summed E-state index contributed by atoms with van der Waals surface area (Å²) < 4.78 is 4.83. The van der Waals surface area contributed by atoms with Crippen LogP contribution in [0, 0.1) is 0 Å². The molecule has 0 unspecified atom stereocenters. The van der Waals surface area contributed by atoms with Gasteiger partial charge in [0.15, 0.2) is 6.10 Å². The Labute approximate surface area is 76.2 Å². The van der Waals surface area contributed by atoms with Crippen LogP contribution >= 0.6 is 0 Å². The molecule has 1 aliphatic rings. The number of aliphatic hydroxyl groups is 1. The summed E-state index contributed by atoms with van der Waals surface area (Å²) in [6.45, 7) is -0.157. The highest BCUT2D eigenvalue weighted by Crippen LogP contribution is 2.05. The molecule has 0 saturated carbocycles. The van der Waals surface area contributed by atoms with E-state index in [1.54, 1.807) is 19.1 Å². The first kappa shape index (κ1) is 9.79. The van der Waals surface area contributed by atoms with E-state index in [1.807, 2.05) is 0 Å². The molecule has 1 aliphatic heterocycles. The normalized spacial score (nSPS) is 27.5. The summed E-state index contributed by atoms with van der Waals surface area (Å²) in [7, 11) is 3.52. The average Bonchev–Trinajstić information content (AvgIpc) is 2.42. The van der Waals surface area contributed by atoms with Crippen molar-refractivity contribution < 1.29 is 14.6 Å². The molecule has 1 saturated heterocycles. The highest BCUT2D eigenvalue weighted by Gasteiger charge is 2.32. The van der Waals surface area contributed by atoms with E-state index in [2.05, 4.69) is 10.4 Å². The first-order valence-electron chi connectivity index (χ1n) is 3.93. The maximum absolute atomic E-state index is 10.7. The summed E-state index contributed by atoms with van der Waals surface area (Å²) >= 11 is 0. The summed E-state index contributed by atoms with van der Waals surface area (Å²) in [6.07, 6.45) is 0.479. The van der Waals surface area contributed by atoms with Crippen molar-refractivity contribution in [2.24, 2.45) is 5.10 Å². The van der Waals surface area contributed by atoms with Gasteiger partial charge in [-0.3, -0.25) is 0 Å². The fourth-order valence-corrected chi connectivity index (χ4v) is 0.956. The van der Waals surface area contributed by atoms with Crippen LogP contribution < -0.4 is 5.32 Å². The van der Waals surface area contributed by atoms with Crippen LogP contribution in [-0.2, 0) is 4.74 Å². The molecular weight excluding hydrogens is 174 g/mol. The Morgan fingerprint density at radius 1 is 1.77 bits per heavy atom. The molecule has 0 aliphatic carbocycles. The first-order chi connectivity index (χ1) is 6.13. The number of carbonyl (C=O) groups is 1. The van der Waals surface area contributed by atoms with Crippen molar-refractivity contribution in [3.63, 3.8) is 0 Å². The zero-order chi connectivity index (χ0) is 9.84. The van der Waals surface area contributed by atoms with Gasteiger partial charge in [-0.15, -0.1) is 0 Å². The largest absolute Gasteiger partial charge is 0.438 e. The van der Waals surface area contributed by atoms with Gasteiger partial charge in [0.1, 0.15) is 0 Å². The van der Waals surface area contributed by atoms with Crippen LogP contribution in [0.15, 0.2) is 5.10 Å². The number of nitrogens with one attached hydrogen (secondary N) is 1. The summed E-state index contributed by atoms with van der Waals surface area (Å²) in [5.74, 6) is 0. The van der Waals surface area contributed by atoms with E-state index in [4.69, 9.17) is 9.84 Å². The van der Waals surface area contributed by atoms with Crippen molar-refractivity contribution in [1.29, 1.82) is 0 Å². The Bertz CT molecular complexity index is 217. The number of rotatable bonds is 3. The van der Waals surface area contributed by atoms with Gasteiger partial charge in [-0.05, 0) is 0 Å². The monoisotopic (exact) mass is 187 g/mol. The maximum atomic E-state index is 10.7. The zero-order valence-corrected chi connectivity index (χ0v) is 7.60. The summed E-state index contributed by atoms with van der Waals surface area (Å²) in [5, 5.41) is 16.8. The van der Waals surface area contributed by atoms with Gasteiger partial charge in [0.25, 0.3) is 0 Å². The minimum Gasteiger partial charge on any atom is -0.438 e. The van der Waals surface area contributed by atoms with Crippen molar-refractivity contribution in [3.8, 4) is 0 Å². The van der Waals surface area contributed by atoms with Crippen molar-refractivity contribution in [2.45, 2.75) is 12.1 Å². The highest BCUT2D eigenvalue weighted by molar-refractivity contribution is 5.77. The van der Waals surface area contributed by atoms with Gasteiger partial charge in [-0.25, -0.2) is 4.79 Å². The lowest BCUT2D eigenvalue weighted by Crippen LogP contribution is -2.36. The predicted molar refractivity (Wildman–Crippen MR) is 46.5 cm³/mol. The lowest BCUT2D eigenvalue weighted by atomic mass is 10.2. The first-order valence-corrected chi connectivity index (χ1v) is 3.93. The lowest BCUT2D eigenvalue weighted by molar-refractivity contribution is 0.153. The third kappa shape index (κ3) is 2.59. The minimum atomic E-state index is -0.519. The van der Waals surface area contributed by atoms with Gasteiger partial charge in [0.2, 0.25) is 0 Å². The number of alkyl carbamates (subject to hydrolysis) is 1. The number of hydrazone groups is 1. The number of ether oxygens (including phenoxy) is 1. The van der Waals surface area contributed by atoms with E-state index in [-0.39, 0.29) is 6.61 Å². The Morgan fingerprint density at radius 2 is 2.46 bits per heavy atom. The Morgan fingerprint density at radius 3 is 3.00 bits per heavy atom. The molecule has 1 heterocycles. The second-order valence-corrected chi connectivity index (χ2v) is 2.92. The van der Waals surface area contributed by atoms with E-state index in [0.29, 0.717) is 0 Å². The molecule has 1 amide bonds. The number of aliphatic hydroxyl groups excluding tert-OH is 1. The van der Waals surface area contributed by atoms with Gasteiger partial charge in [-0.2, -0.15) is 5.10 Å². The van der Waals surface area contributed by atoms with Crippen LogP contribution in [0.2, 0.25) is 0 Å². The number of nitrogens with zero attached hydrogens (tertiary/aromatic N) is 2. The Hall–Kier alpha value is -1.30. The van der Waals surface area contributed by atoms with Gasteiger partial charge in [0, 0.05) is 14.1 Å². The van der Waals surface area contributed by atoms with E-state index in [0.717, 1.165) is 0 Å². The van der Waals surface area contributed by atoms with E-state index in [9.17, 15) is 4.79 Å². The van der Waals surface area contributed by atoms with Crippen LogP contribution in [0.5, 0.6) is 0 Å². The van der Waals surface area contributed by atoms with Crippen molar-refractivity contribution in [2.75, 3.05) is 20.7 Å². The van der Waals surface area contributed by atoms with Gasteiger partial charge >= 0.3 is 6.09 Å². The predicted octanol–water partition coefficient (Wildman–Crippen LogP) is -0.997. The van der Waals surface area contributed by atoms with E-state index < -0.39 is 18.2 Å². The van der Waals surface area contributed by atoms with Crippen molar-refractivity contribution in [3.05, 3.63) is 0 Å². The Kier molecular flexibility index (Phi) is 3.07. The third-order valence-corrected chi connectivity index (χ3v) is 1.58. The van der Waals surface area contributed by atoms with Gasteiger partial charge in [0.05, 0.1) is 18.9 Å².